The molecule has 0 aliphatic carbocycles. The fraction of sp³-hybridized carbons (Fsp3) is 0.286. The summed E-state index contributed by atoms with van der Waals surface area (Å²) in [6, 6.07) is 10.4. The number of alkyl halides is 3. The van der Waals surface area contributed by atoms with Gasteiger partial charge >= 0.3 is 6.18 Å². The lowest BCUT2D eigenvalue weighted by molar-refractivity contribution is -0.137. The largest absolute Gasteiger partial charge is 0.416 e. The van der Waals surface area contributed by atoms with E-state index in [9.17, 15) is 26.7 Å². The second kappa shape index (κ2) is 7.55. The first-order chi connectivity index (χ1) is 14.2. The molecular formula is C21H19F3N2O3S. The molecule has 1 aromatic heterocycles. The van der Waals surface area contributed by atoms with Gasteiger partial charge in [0, 0.05) is 24.7 Å². The van der Waals surface area contributed by atoms with Crippen molar-refractivity contribution in [1.29, 1.82) is 0 Å². The molecule has 0 saturated carbocycles. The van der Waals surface area contributed by atoms with Crippen LogP contribution in [0.15, 0.2) is 64.5 Å². The average Bonchev–Trinajstić information content (AvgIpc) is 2.72. The molecule has 2 aromatic carbocycles. The Morgan fingerprint density at radius 2 is 1.83 bits per heavy atom. The van der Waals surface area contributed by atoms with Crippen molar-refractivity contribution in [2.45, 2.75) is 34.9 Å². The number of hydrogen-bond donors (Lipinski definition) is 1. The van der Waals surface area contributed by atoms with Crippen LogP contribution in [0.4, 0.5) is 18.9 Å². The maximum Gasteiger partial charge on any atom is 0.416 e. The van der Waals surface area contributed by atoms with Crippen LogP contribution in [0, 0.1) is 0 Å². The number of sulfone groups is 1. The monoisotopic (exact) mass is 436 g/mol. The molecule has 0 bridgehead atoms. The number of aliphatic hydroxyl groups excluding tert-OH is 1. The van der Waals surface area contributed by atoms with Gasteiger partial charge in [0.2, 0.25) is 9.84 Å². The molecule has 1 aliphatic heterocycles. The maximum absolute atomic E-state index is 13.0. The summed E-state index contributed by atoms with van der Waals surface area (Å²) in [5.41, 5.74) is 0.340. The Labute approximate surface area is 171 Å². The van der Waals surface area contributed by atoms with E-state index >= 15 is 0 Å². The Bertz CT molecular complexity index is 1200. The minimum absolute atomic E-state index is 0.176. The van der Waals surface area contributed by atoms with Gasteiger partial charge < -0.3 is 10.0 Å². The molecule has 0 spiro atoms. The number of nitrogens with zero attached hydrogens (tertiary/aromatic N) is 2. The molecule has 1 N–H and O–H groups in total. The molecule has 5 nitrogen and oxygen atoms in total. The van der Waals surface area contributed by atoms with Crippen molar-refractivity contribution in [2.24, 2.45) is 0 Å². The number of pyridine rings is 1. The first-order valence-electron chi connectivity index (χ1n) is 9.40. The Hall–Kier alpha value is -2.65. The third-order valence-electron chi connectivity index (χ3n) is 5.18. The lowest BCUT2D eigenvalue weighted by Gasteiger charge is -2.32. The number of rotatable bonds is 3. The number of fused-ring (bicyclic) bond motifs is 1. The van der Waals surface area contributed by atoms with Crippen molar-refractivity contribution in [3.63, 3.8) is 0 Å². The van der Waals surface area contributed by atoms with Gasteiger partial charge in [0.25, 0.3) is 0 Å². The Morgan fingerprint density at radius 1 is 1.07 bits per heavy atom. The molecular weight excluding hydrogens is 417 g/mol. The van der Waals surface area contributed by atoms with E-state index in [0.29, 0.717) is 23.5 Å². The highest BCUT2D eigenvalue weighted by atomic mass is 32.2. The minimum Gasteiger partial charge on any atom is -0.391 e. The van der Waals surface area contributed by atoms with E-state index in [-0.39, 0.29) is 4.90 Å². The van der Waals surface area contributed by atoms with E-state index in [1.54, 1.807) is 12.1 Å². The minimum atomic E-state index is -4.64. The summed E-state index contributed by atoms with van der Waals surface area (Å²) in [6.45, 7) is 1.22. The summed E-state index contributed by atoms with van der Waals surface area (Å²) in [7, 11) is -4.18. The fourth-order valence-corrected chi connectivity index (χ4v) is 4.96. The number of hydrogen-bond acceptors (Lipinski definition) is 5. The molecule has 158 valence electrons. The molecule has 1 atom stereocenters. The number of anilines is 1. The standard InChI is InChI=1S/C21H19F3N2O3S/c22-21(23,24)15-5-2-7-17(11-15)30(28,29)18-10-14-4-1-8-19(20(14)25-12-18)26-9-3-6-16(27)13-26/h1-2,4-5,7-8,10-12,16,27H,3,6,9,13H2/t16-/m0/s1. The van der Waals surface area contributed by atoms with Crippen molar-refractivity contribution >= 4 is 26.4 Å². The molecule has 1 saturated heterocycles. The molecule has 30 heavy (non-hydrogen) atoms. The van der Waals surface area contributed by atoms with Gasteiger partial charge in [-0.15, -0.1) is 0 Å². The molecule has 1 fully saturated rings. The summed E-state index contributed by atoms with van der Waals surface area (Å²) in [6.07, 6.45) is -2.34. The molecule has 1 aliphatic rings. The van der Waals surface area contributed by atoms with Crippen LogP contribution < -0.4 is 4.90 Å². The topological polar surface area (TPSA) is 70.5 Å². The van der Waals surface area contributed by atoms with Crippen molar-refractivity contribution in [3.8, 4) is 0 Å². The van der Waals surface area contributed by atoms with Gasteiger partial charge in [0.1, 0.15) is 0 Å². The smallest absolute Gasteiger partial charge is 0.391 e. The number of β-amino-alcohol motifs (C(OH)–C–C–N with tert-alkyl or cyclic N) is 1. The van der Waals surface area contributed by atoms with E-state index in [1.807, 2.05) is 11.0 Å². The molecule has 0 radical (unpaired) electrons. The molecule has 3 aromatic rings. The van der Waals surface area contributed by atoms with Crippen LogP contribution in [0.5, 0.6) is 0 Å². The molecule has 0 amide bonds. The van der Waals surface area contributed by atoms with Crippen molar-refractivity contribution in [2.75, 3.05) is 18.0 Å². The molecule has 9 heteroatoms. The van der Waals surface area contributed by atoms with Crippen LogP contribution >= 0.6 is 0 Å². The Balaban J connectivity index is 1.75. The van der Waals surface area contributed by atoms with Gasteiger partial charge in [-0.2, -0.15) is 13.2 Å². The zero-order valence-corrected chi connectivity index (χ0v) is 16.6. The van der Waals surface area contributed by atoms with Crippen molar-refractivity contribution in [1.82, 2.24) is 4.98 Å². The highest BCUT2D eigenvalue weighted by Gasteiger charge is 2.32. The Morgan fingerprint density at radius 3 is 2.57 bits per heavy atom. The number of aliphatic hydroxyl groups is 1. The Kier molecular flexibility index (Phi) is 5.19. The van der Waals surface area contributed by atoms with Crippen LogP contribution in [-0.4, -0.2) is 37.7 Å². The lowest BCUT2D eigenvalue weighted by atomic mass is 10.1. The summed E-state index contributed by atoms with van der Waals surface area (Å²) >= 11 is 0. The number of para-hydroxylation sites is 1. The summed E-state index contributed by atoms with van der Waals surface area (Å²) < 4.78 is 64.8. The zero-order valence-electron chi connectivity index (χ0n) is 15.8. The first kappa shape index (κ1) is 20.6. The van der Waals surface area contributed by atoms with Gasteiger partial charge in [-0.1, -0.05) is 18.2 Å². The van der Waals surface area contributed by atoms with Crippen LogP contribution in [0.25, 0.3) is 10.9 Å². The van der Waals surface area contributed by atoms with E-state index < -0.39 is 32.6 Å². The normalized spacial score (nSPS) is 18.0. The number of piperidine rings is 1. The lowest BCUT2D eigenvalue weighted by Crippen LogP contribution is -2.38. The van der Waals surface area contributed by atoms with Crippen LogP contribution in [-0.2, 0) is 16.0 Å². The predicted octanol–water partition coefficient (Wildman–Crippen LogP) is 4.05. The summed E-state index contributed by atoms with van der Waals surface area (Å²) in [4.78, 5) is 5.71. The first-order valence-corrected chi connectivity index (χ1v) is 10.9. The van der Waals surface area contributed by atoms with Crippen LogP contribution in [0.2, 0.25) is 0 Å². The van der Waals surface area contributed by atoms with Crippen molar-refractivity contribution < 1.29 is 26.7 Å². The number of aromatic nitrogens is 1. The third kappa shape index (κ3) is 3.87. The zero-order chi connectivity index (χ0) is 21.5. The SMILES string of the molecule is O=S(=O)(c1cccc(C(F)(F)F)c1)c1cnc2c(N3CCC[C@H](O)C3)cccc2c1. The van der Waals surface area contributed by atoms with E-state index in [4.69, 9.17) is 0 Å². The van der Waals surface area contributed by atoms with Gasteiger partial charge in [-0.05, 0) is 43.2 Å². The van der Waals surface area contributed by atoms with Gasteiger partial charge in [0.15, 0.2) is 0 Å². The molecule has 0 unspecified atom stereocenters. The quantitative estimate of drug-likeness (QED) is 0.671. The molecule has 2 heterocycles. The number of benzene rings is 2. The fourth-order valence-electron chi connectivity index (χ4n) is 3.68. The number of halogens is 3. The van der Waals surface area contributed by atoms with Gasteiger partial charge in [-0.3, -0.25) is 4.98 Å². The highest BCUT2D eigenvalue weighted by Crippen LogP contribution is 2.33. The molecule has 4 rings (SSSR count). The highest BCUT2D eigenvalue weighted by molar-refractivity contribution is 7.91. The second-order valence-electron chi connectivity index (χ2n) is 7.29. The van der Waals surface area contributed by atoms with Crippen molar-refractivity contribution in [3.05, 3.63) is 60.3 Å². The van der Waals surface area contributed by atoms with Gasteiger partial charge in [-0.25, -0.2) is 8.42 Å². The van der Waals surface area contributed by atoms with Crippen LogP contribution in [0.3, 0.4) is 0 Å². The van der Waals surface area contributed by atoms with Crippen LogP contribution in [0.1, 0.15) is 18.4 Å². The predicted molar refractivity (Wildman–Crippen MR) is 106 cm³/mol. The summed E-state index contributed by atoms with van der Waals surface area (Å²) in [5.74, 6) is 0. The second-order valence-corrected chi connectivity index (χ2v) is 9.24. The van der Waals surface area contributed by atoms with E-state index in [2.05, 4.69) is 4.98 Å². The summed E-state index contributed by atoms with van der Waals surface area (Å²) in [5, 5.41) is 10.5. The van der Waals surface area contributed by atoms with E-state index in [0.717, 1.165) is 43.3 Å². The third-order valence-corrected chi connectivity index (χ3v) is 6.90. The maximum atomic E-state index is 13.0. The van der Waals surface area contributed by atoms with Gasteiger partial charge in [0.05, 0.1) is 32.7 Å². The average molecular weight is 436 g/mol. The van der Waals surface area contributed by atoms with E-state index in [1.165, 1.54) is 12.3 Å².